The van der Waals surface area contributed by atoms with Gasteiger partial charge in [-0.15, -0.1) is 0 Å². The fourth-order valence-corrected chi connectivity index (χ4v) is 4.75. The maximum Gasteiger partial charge on any atom is 0.242 e. The number of amides is 2. The number of ether oxygens (including phenoxy) is 2. The molecule has 1 unspecified atom stereocenters. The van der Waals surface area contributed by atoms with Gasteiger partial charge in [-0.25, -0.2) is 12.8 Å². The summed E-state index contributed by atoms with van der Waals surface area (Å²) in [7, 11) is -2.19. The zero-order chi connectivity index (χ0) is 25.6. The lowest BCUT2D eigenvalue weighted by atomic mass is 10.1. The molecule has 0 radical (unpaired) electrons. The van der Waals surface area contributed by atoms with Crippen LogP contribution < -0.4 is 19.1 Å². The molecule has 1 N–H and O–H groups in total. The van der Waals surface area contributed by atoms with Crippen molar-refractivity contribution >= 4 is 27.5 Å². The Morgan fingerprint density at radius 2 is 1.80 bits per heavy atom. The SMILES string of the molecule is CNC(=O)C(C)N(Cc1ccccc1F)C(=O)CCCN(c1ccc2c(c1)OCCO2)S(C)(=O)=O. The molecule has 35 heavy (non-hydrogen) atoms. The van der Waals surface area contributed by atoms with E-state index >= 15 is 0 Å². The van der Waals surface area contributed by atoms with E-state index in [0.29, 0.717) is 30.4 Å². The number of nitrogens with one attached hydrogen (secondary N) is 1. The second kappa shape index (κ2) is 11.4. The Morgan fingerprint density at radius 1 is 1.11 bits per heavy atom. The molecule has 2 aromatic carbocycles. The molecule has 0 saturated heterocycles. The van der Waals surface area contributed by atoms with Crippen molar-refractivity contribution in [2.45, 2.75) is 32.4 Å². The van der Waals surface area contributed by atoms with Crippen LogP contribution in [0, 0.1) is 5.82 Å². The van der Waals surface area contributed by atoms with Gasteiger partial charge >= 0.3 is 0 Å². The van der Waals surface area contributed by atoms with Gasteiger partial charge in [0.1, 0.15) is 25.1 Å². The number of sulfonamides is 1. The zero-order valence-corrected chi connectivity index (χ0v) is 20.8. The van der Waals surface area contributed by atoms with Crippen molar-refractivity contribution < 1.29 is 31.9 Å². The zero-order valence-electron chi connectivity index (χ0n) is 20.0. The van der Waals surface area contributed by atoms with Gasteiger partial charge in [0.15, 0.2) is 11.5 Å². The van der Waals surface area contributed by atoms with Crippen molar-refractivity contribution in [3.8, 4) is 11.5 Å². The van der Waals surface area contributed by atoms with Crippen molar-refractivity contribution in [3.05, 3.63) is 53.8 Å². The van der Waals surface area contributed by atoms with Gasteiger partial charge in [0.05, 0.1) is 11.9 Å². The molecule has 0 aromatic heterocycles. The number of carbonyl (C=O) groups excluding carboxylic acids is 2. The van der Waals surface area contributed by atoms with E-state index in [1.54, 1.807) is 43.3 Å². The number of nitrogens with zero attached hydrogens (tertiary/aromatic N) is 2. The lowest BCUT2D eigenvalue weighted by molar-refractivity contribution is -0.140. The highest BCUT2D eigenvalue weighted by atomic mass is 32.2. The number of halogens is 1. The minimum absolute atomic E-state index is 0.0338. The first-order valence-electron chi connectivity index (χ1n) is 11.2. The number of likely N-dealkylation sites (N-methyl/N-ethyl adjacent to an activating group) is 1. The summed E-state index contributed by atoms with van der Waals surface area (Å²) in [5, 5.41) is 2.50. The van der Waals surface area contributed by atoms with E-state index in [2.05, 4.69) is 5.32 Å². The highest BCUT2D eigenvalue weighted by Gasteiger charge is 2.27. The molecule has 11 heteroatoms. The summed E-state index contributed by atoms with van der Waals surface area (Å²) >= 11 is 0. The summed E-state index contributed by atoms with van der Waals surface area (Å²) in [5.41, 5.74) is 0.678. The van der Waals surface area contributed by atoms with Crippen LogP contribution in [0.2, 0.25) is 0 Å². The second-order valence-corrected chi connectivity index (χ2v) is 10.1. The van der Waals surface area contributed by atoms with Crippen LogP contribution in [0.5, 0.6) is 11.5 Å². The number of anilines is 1. The predicted octanol–water partition coefficient (Wildman–Crippen LogP) is 2.31. The molecule has 1 aliphatic heterocycles. The Hall–Kier alpha value is -3.34. The van der Waals surface area contributed by atoms with Crippen molar-refractivity contribution in [3.63, 3.8) is 0 Å². The van der Waals surface area contributed by atoms with Gasteiger partial charge in [-0.2, -0.15) is 0 Å². The molecule has 9 nitrogen and oxygen atoms in total. The molecule has 1 atom stereocenters. The Bertz CT molecular complexity index is 1170. The van der Waals surface area contributed by atoms with Gasteiger partial charge in [-0.05, 0) is 31.5 Å². The molecule has 0 spiro atoms. The highest BCUT2D eigenvalue weighted by Crippen LogP contribution is 2.34. The van der Waals surface area contributed by atoms with Gasteiger partial charge < -0.3 is 19.7 Å². The number of hydrogen-bond donors (Lipinski definition) is 1. The summed E-state index contributed by atoms with van der Waals surface area (Å²) in [4.78, 5) is 26.6. The molecule has 0 fully saturated rings. The quantitative estimate of drug-likeness (QED) is 0.529. The van der Waals surface area contributed by atoms with Crippen LogP contribution in [-0.4, -0.2) is 64.2 Å². The Balaban J connectivity index is 1.73. The van der Waals surface area contributed by atoms with Crippen LogP contribution >= 0.6 is 0 Å². The Labute approximate surface area is 204 Å². The first kappa shape index (κ1) is 26.3. The molecule has 0 aliphatic carbocycles. The maximum absolute atomic E-state index is 14.2. The van der Waals surface area contributed by atoms with Gasteiger partial charge in [0.2, 0.25) is 21.8 Å². The number of hydrogen-bond acceptors (Lipinski definition) is 6. The van der Waals surface area contributed by atoms with Crippen LogP contribution in [0.15, 0.2) is 42.5 Å². The van der Waals surface area contributed by atoms with Crippen LogP contribution in [0.3, 0.4) is 0 Å². The van der Waals surface area contributed by atoms with Crippen LogP contribution in [-0.2, 0) is 26.2 Å². The highest BCUT2D eigenvalue weighted by molar-refractivity contribution is 7.92. The summed E-state index contributed by atoms with van der Waals surface area (Å²) in [5.74, 6) is -0.260. The average molecular weight is 508 g/mol. The van der Waals surface area contributed by atoms with Crippen LogP contribution in [0.25, 0.3) is 0 Å². The lowest BCUT2D eigenvalue weighted by Gasteiger charge is -2.29. The van der Waals surface area contributed by atoms with Gasteiger partial charge in [0.25, 0.3) is 0 Å². The largest absolute Gasteiger partial charge is 0.486 e. The average Bonchev–Trinajstić information content (AvgIpc) is 2.84. The predicted molar refractivity (Wildman–Crippen MR) is 129 cm³/mol. The van der Waals surface area contributed by atoms with Crippen molar-refractivity contribution in [1.82, 2.24) is 10.2 Å². The van der Waals surface area contributed by atoms with Gasteiger partial charge in [-0.1, -0.05) is 18.2 Å². The fraction of sp³-hybridized carbons (Fsp3) is 0.417. The normalized spacial score (nSPS) is 13.6. The third-order valence-electron chi connectivity index (χ3n) is 5.68. The minimum Gasteiger partial charge on any atom is -0.486 e. The second-order valence-electron chi connectivity index (χ2n) is 8.17. The number of fused-ring (bicyclic) bond motifs is 1. The van der Waals surface area contributed by atoms with Crippen LogP contribution in [0.1, 0.15) is 25.3 Å². The Kier molecular flexibility index (Phi) is 8.55. The number of carbonyl (C=O) groups is 2. The summed E-state index contributed by atoms with van der Waals surface area (Å²) < 4.78 is 51.4. The number of benzene rings is 2. The molecule has 0 saturated carbocycles. The first-order chi connectivity index (χ1) is 16.6. The summed E-state index contributed by atoms with van der Waals surface area (Å²) in [6.45, 7) is 2.30. The molecule has 1 heterocycles. The molecule has 2 aromatic rings. The van der Waals surface area contributed by atoms with E-state index in [9.17, 15) is 22.4 Å². The van der Waals surface area contributed by atoms with Crippen LogP contribution in [0.4, 0.5) is 10.1 Å². The van der Waals surface area contributed by atoms with Crippen molar-refractivity contribution in [2.24, 2.45) is 0 Å². The summed E-state index contributed by atoms with van der Waals surface area (Å²) in [6.07, 6.45) is 1.24. The molecule has 1 aliphatic rings. The van der Waals surface area contributed by atoms with Gasteiger partial charge in [-0.3, -0.25) is 13.9 Å². The minimum atomic E-state index is -3.65. The van der Waals surface area contributed by atoms with Gasteiger partial charge in [0, 0.05) is 38.2 Å². The molecule has 0 bridgehead atoms. The maximum atomic E-state index is 14.2. The molecular weight excluding hydrogens is 477 g/mol. The molecule has 2 amide bonds. The van der Waals surface area contributed by atoms with E-state index in [1.807, 2.05) is 0 Å². The van der Waals surface area contributed by atoms with Crippen molar-refractivity contribution in [1.29, 1.82) is 0 Å². The topological polar surface area (TPSA) is 105 Å². The van der Waals surface area contributed by atoms with E-state index in [0.717, 1.165) is 6.26 Å². The monoisotopic (exact) mass is 507 g/mol. The summed E-state index contributed by atoms with van der Waals surface area (Å²) in [6, 6.07) is 10.1. The van der Waals surface area contributed by atoms with E-state index in [1.165, 1.54) is 22.3 Å². The van der Waals surface area contributed by atoms with E-state index < -0.39 is 21.9 Å². The molecule has 3 rings (SSSR count). The lowest BCUT2D eigenvalue weighted by Crippen LogP contribution is -2.47. The Morgan fingerprint density at radius 3 is 2.46 bits per heavy atom. The third-order valence-corrected chi connectivity index (χ3v) is 6.87. The molecule has 190 valence electrons. The number of rotatable bonds is 10. The van der Waals surface area contributed by atoms with E-state index in [4.69, 9.17) is 9.47 Å². The third kappa shape index (κ3) is 6.62. The van der Waals surface area contributed by atoms with E-state index in [-0.39, 0.29) is 43.3 Å². The smallest absolute Gasteiger partial charge is 0.242 e. The van der Waals surface area contributed by atoms with Crippen molar-refractivity contribution in [2.75, 3.05) is 37.4 Å². The fourth-order valence-electron chi connectivity index (χ4n) is 3.79. The first-order valence-corrected chi connectivity index (χ1v) is 13.1. The standard InChI is InChI=1S/C24H30FN3O6S/c1-17(24(30)26-2)27(16-18-7-4-5-8-20(18)25)23(29)9-6-12-28(35(3,31)32)19-10-11-21-22(15-19)34-14-13-33-21/h4-5,7-8,10-11,15,17H,6,9,12-14,16H2,1-3H3,(H,26,30). The molecular formula is C24H30FN3O6S.